The van der Waals surface area contributed by atoms with Crippen molar-refractivity contribution < 1.29 is 0 Å². The smallest absolute Gasteiger partial charge is 0.161 e. The van der Waals surface area contributed by atoms with E-state index in [0.717, 1.165) is 93.6 Å². The van der Waals surface area contributed by atoms with Crippen molar-refractivity contribution >= 4 is 22.3 Å². The number of hydrogen-bond acceptors (Lipinski definition) is 4. The second kappa shape index (κ2) is 12.1. The second-order valence-corrected chi connectivity index (χ2v) is 13.7. The summed E-state index contributed by atoms with van der Waals surface area (Å²) in [5, 5.41) is 5.15. The zero-order chi connectivity index (χ0) is 35.6. The minimum Gasteiger partial charge on any atom is -0.248 e. The van der Waals surface area contributed by atoms with E-state index < -0.39 is 0 Å². The van der Waals surface area contributed by atoms with Crippen molar-refractivity contribution in [2.75, 3.05) is 0 Å². The largest absolute Gasteiger partial charge is 0.248 e. The van der Waals surface area contributed by atoms with Gasteiger partial charge < -0.3 is 0 Å². The maximum atomic E-state index is 5.50. The molecule has 0 aliphatic carbocycles. The lowest BCUT2D eigenvalue weighted by atomic mass is 9.85. The van der Waals surface area contributed by atoms with Crippen LogP contribution in [0, 0.1) is 10.4 Å². The summed E-state index contributed by atoms with van der Waals surface area (Å²) in [6.07, 6.45) is 0. The van der Waals surface area contributed by atoms with Gasteiger partial charge in [0.2, 0.25) is 0 Å². The number of para-hydroxylation sites is 2. The highest BCUT2D eigenvalue weighted by atomic mass is 14.9. The highest BCUT2D eigenvalue weighted by Gasteiger charge is 2.29. The van der Waals surface area contributed by atoms with E-state index in [1.807, 2.05) is 12.1 Å². The van der Waals surface area contributed by atoms with E-state index in [2.05, 4.69) is 170 Å². The number of fused-ring (bicyclic) bond motifs is 7. The Morgan fingerprint density at radius 3 is 1.76 bits per heavy atom. The molecule has 0 N–H and O–H groups in total. The molecule has 4 nitrogen and oxygen atoms in total. The van der Waals surface area contributed by atoms with Crippen molar-refractivity contribution in [1.29, 1.82) is 0 Å². The summed E-state index contributed by atoms with van der Waals surface area (Å²) in [6, 6.07) is 63.7. The molecule has 4 heteroatoms. The van der Waals surface area contributed by atoms with Gasteiger partial charge in [0.1, 0.15) is 0 Å². The van der Waals surface area contributed by atoms with E-state index in [9.17, 15) is 0 Å². The summed E-state index contributed by atoms with van der Waals surface area (Å²) in [7, 11) is 0. The first-order valence-corrected chi connectivity index (χ1v) is 18.2. The van der Waals surface area contributed by atoms with Gasteiger partial charge in [0.05, 0.1) is 33.3 Å². The fourth-order valence-corrected chi connectivity index (χ4v) is 8.24. The third-order valence-electron chi connectivity index (χ3n) is 10.6. The molecule has 0 saturated heterocycles. The van der Waals surface area contributed by atoms with Crippen molar-refractivity contribution in [3.8, 4) is 67.2 Å². The van der Waals surface area contributed by atoms with Crippen LogP contribution in [0.1, 0.15) is 0 Å². The Kier molecular flexibility index (Phi) is 6.82. The molecule has 11 rings (SSSR count). The summed E-state index contributed by atoms with van der Waals surface area (Å²) >= 11 is 0. The zero-order valence-corrected chi connectivity index (χ0v) is 29.1. The molecule has 0 saturated carbocycles. The molecular formula is C50H30N4. The van der Waals surface area contributed by atoms with Crippen molar-refractivity contribution in [2.24, 2.45) is 9.98 Å². The van der Waals surface area contributed by atoms with Crippen LogP contribution in [0.4, 0.5) is 11.4 Å². The van der Waals surface area contributed by atoms with Gasteiger partial charge >= 0.3 is 0 Å². The summed E-state index contributed by atoms with van der Waals surface area (Å²) < 4.78 is 0. The van der Waals surface area contributed by atoms with Gasteiger partial charge in [0.25, 0.3) is 0 Å². The molecule has 3 heterocycles. The fraction of sp³-hybridized carbons (Fsp3) is 0. The average Bonchev–Trinajstić information content (AvgIpc) is 3.82. The van der Waals surface area contributed by atoms with E-state index in [-0.39, 0.29) is 0 Å². The number of benzene rings is 8. The zero-order valence-electron chi connectivity index (χ0n) is 29.1. The highest BCUT2D eigenvalue weighted by molar-refractivity contribution is 6.06. The summed E-state index contributed by atoms with van der Waals surface area (Å²) in [6.45, 7) is 0. The lowest BCUT2D eigenvalue weighted by Crippen LogP contribution is -2.03. The topological polar surface area (TPSA) is 50.5 Å². The lowest BCUT2D eigenvalue weighted by Gasteiger charge is -2.20. The van der Waals surface area contributed by atoms with Crippen LogP contribution in [0.5, 0.6) is 0 Å². The molecule has 1 aromatic heterocycles. The number of aromatic nitrogens is 2. The van der Waals surface area contributed by atoms with Gasteiger partial charge in [-0.05, 0) is 63.7 Å². The first kappa shape index (κ1) is 30.3. The normalized spacial score (nSPS) is 12.0. The predicted octanol–water partition coefficient (Wildman–Crippen LogP) is 11.4. The molecule has 0 spiro atoms. The molecule has 0 unspecified atom stereocenters. The number of rotatable bonds is 5. The molecule has 0 radical (unpaired) electrons. The SMILES string of the molecule is c1ccc(-c2ccccc2-c2ccccc2-c2ccc3c(c2-c2nc(-c4ccccc4)c4ccccc4n2)-c2c4c(ccc2=N3)=c2ccccc2=N4)cc1. The monoisotopic (exact) mass is 686 g/mol. The van der Waals surface area contributed by atoms with Gasteiger partial charge in [-0.2, -0.15) is 0 Å². The Hall–Kier alpha value is -7.30. The third-order valence-corrected chi connectivity index (χ3v) is 10.6. The molecule has 0 fully saturated rings. The number of hydrogen-bond donors (Lipinski definition) is 0. The summed E-state index contributed by atoms with van der Waals surface area (Å²) in [5.41, 5.74) is 14.4. The van der Waals surface area contributed by atoms with E-state index in [0.29, 0.717) is 5.82 Å². The molecule has 0 bridgehead atoms. The second-order valence-electron chi connectivity index (χ2n) is 13.7. The molecule has 54 heavy (non-hydrogen) atoms. The van der Waals surface area contributed by atoms with Crippen LogP contribution in [0.15, 0.2) is 192 Å². The van der Waals surface area contributed by atoms with Crippen LogP contribution in [0.25, 0.3) is 78.1 Å². The van der Waals surface area contributed by atoms with Crippen LogP contribution < -0.4 is 10.7 Å². The number of nitrogens with zero attached hydrogens (tertiary/aromatic N) is 4. The molecule has 250 valence electrons. The van der Waals surface area contributed by atoms with E-state index >= 15 is 0 Å². The molecular weight excluding hydrogens is 657 g/mol. The Balaban J connectivity index is 1.26. The van der Waals surface area contributed by atoms with E-state index in [4.69, 9.17) is 20.0 Å². The molecule has 2 aliphatic rings. The van der Waals surface area contributed by atoms with Gasteiger partial charge in [0, 0.05) is 38.1 Å². The van der Waals surface area contributed by atoms with Crippen molar-refractivity contribution in [3.63, 3.8) is 0 Å². The van der Waals surface area contributed by atoms with Crippen molar-refractivity contribution in [3.05, 3.63) is 203 Å². The van der Waals surface area contributed by atoms with Crippen molar-refractivity contribution in [1.82, 2.24) is 9.97 Å². The molecule has 8 aromatic carbocycles. The van der Waals surface area contributed by atoms with Crippen LogP contribution in [-0.4, -0.2) is 9.97 Å². The Bertz CT molecular complexity index is 3210. The maximum Gasteiger partial charge on any atom is 0.161 e. The Morgan fingerprint density at radius 1 is 0.333 bits per heavy atom. The maximum absolute atomic E-state index is 5.50. The first-order valence-electron chi connectivity index (χ1n) is 18.2. The minimum atomic E-state index is 0.654. The molecule has 2 aliphatic heterocycles. The summed E-state index contributed by atoms with van der Waals surface area (Å²) in [4.78, 5) is 21.4. The average molecular weight is 687 g/mol. The fourth-order valence-electron chi connectivity index (χ4n) is 8.24. The van der Waals surface area contributed by atoms with Gasteiger partial charge in [-0.1, -0.05) is 152 Å². The van der Waals surface area contributed by atoms with Crippen LogP contribution in [0.2, 0.25) is 0 Å². The standard InChI is InChI=1S/C50H30N4/c1-3-15-31(16-4-1)33-19-7-8-20-34(33)35-21-9-10-22-36(35)38-27-29-43-46(47-44(51-43)30-28-39-37-23-11-13-25-41(37)52-49(39)47)45(38)50-53-42-26-14-12-24-40(42)48(54-50)32-17-5-2-6-18-32/h1-30H. The third kappa shape index (κ3) is 4.70. The molecule has 0 amide bonds. The molecule has 9 aromatic rings. The lowest BCUT2D eigenvalue weighted by molar-refractivity contribution is 1.23. The van der Waals surface area contributed by atoms with Crippen LogP contribution in [0.3, 0.4) is 0 Å². The minimum absolute atomic E-state index is 0.654. The van der Waals surface area contributed by atoms with E-state index in [1.165, 1.54) is 11.1 Å². The predicted molar refractivity (Wildman–Crippen MR) is 218 cm³/mol. The van der Waals surface area contributed by atoms with Crippen molar-refractivity contribution in [2.45, 2.75) is 0 Å². The summed E-state index contributed by atoms with van der Waals surface area (Å²) in [5.74, 6) is 0.654. The Morgan fingerprint density at radius 2 is 0.963 bits per heavy atom. The first-order chi connectivity index (χ1) is 26.8. The van der Waals surface area contributed by atoms with Gasteiger partial charge in [0.15, 0.2) is 5.82 Å². The highest BCUT2D eigenvalue weighted by Crippen LogP contribution is 2.51. The van der Waals surface area contributed by atoms with Crippen LogP contribution >= 0.6 is 0 Å². The quantitative estimate of drug-likeness (QED) is 0.181. The van der Waals surface area contributed by atoms with Crippen LogP contribution in [-0.2, 0) is 0 Å². The van der Waals surface area contributed by atoms with Gasteiger partial charge in [-0.3, -0.25) is 0 Å². The van der Waals surface area contributed by atoms with Gasteiger partial charge in [-0.15, -0.1) is 0 Å². The van der Waals surface area contributed by atoms with Gasteiger partial charge in [-0.25, -0.2) is 20.0 Å². The Labute approximate surface area is 311 Å². The van der Waals surface area contributed by atoms with E-state index in [1.54, 1.807) is 0 Å². The molecule has 0 atom stereocenters.